The third kappa shape index (κ3) is 3.50. The van der Waals surface area contributed by atoms with Crippen molar-refractivity contribution in [3.63, 3.8) is 0 Å². The van der Waals surface area contributed by atoms with E-state index < -0.39 is 0 Å². The SMILES string of the molecule is O=C1COC(c2cscn2)=C1c1ccc(OCc2ccc3ccccc3n2)cc1. The first-order valence-electron chi connectivity index (χ1n) is 9.15. The number of hydrogen-bond donors (Lipinski definition) is 0. The van der Waals surface area contributed by atoms with Crippen molar-refractivity contribution in [2.24, 2.45) is 0 Å². The molecular weight excluding hydrogens is 384 g/mol. The highest BCUT2D eigenvalue weighted by Crippen LogP contribution is 2.33. The minimum atomic E-state index is -0.0398. The van der Waals surface area contributed by atoms with Crippen LogP contribution in [0.4, 0.5) is 0 Å². The quantitative estimate of drug-likeness (QED) is 0.484. The van der Waals surface area contributed by atoms with Gasteiger partial charge in [-0.1, -0.05) is 36.4 Å². The molecule has 2 aromatic carbocycles. The van der Waals surface area contributed by atoms with E-state index in [-0.39, 0.29) is 12.4 Å². The molecule has 0 radical (unpaired) electrons. The maximum atomic E-state index is 12.3. The summed E-state index contributed by atoms with van der Waals surface area (Å²) in [5, 5.41) is 2.98. The number of carbonyl (C=O) groups excluding carboxylic acids is 1. The van der Waals surface area contributed by atoms with Gasteiger partial charge in [0, 0.05) is 10.8 Å². The van der Waals surface area contributed by atoms with E-state index in [0.29, 0.717) is 29.4 Å². The molecule has 0 aliphatic carbocycles. The van der Waals surface area contributed by atoms with Gasteiger partial charge >= 0.3 is 0 Å². The molecule has 0 saturated carbocycles. The Morgan fingerprint density at radius 2 is 1.90 bits per heavy atom. The van der Waals surface area contributed by atoms with Gasteiger partial charge in [-0.2, -0.15) is 0 Å². The van der Waals surface area contributed by atoms with E-state index in [1.165, 1.54) is 11.3 Å². The summed E-state index contributed by atoms with van der Waals surface area (Å²) >= 11 is 1.47. The number of hydrogen-bond acceptors (Lipinski definition) is 6. The second kappa shape index (κ2) is 7.48. The number of fused-ring (bicyclic) bond motifs is 1. The van der Waals surface area contributed by atoms with Gasteiger partial charge in [0.2, 0.25) is 5.78 Å². The fourth-order valence-electron chi connectivity index (χ4n) is 3.29. The minimum Gasteiger partial charge on any atom is -0.487 e. The van der Waals surface area contributed by atoms with Crippen LogP contribution in [0, 0.1) is 0 Å². The normalized spacial score (nSPS) is 13.7. The molecule has 1 aliphatic rings. The first kappa shape index (κ1) is 17.6. The van der Waals surface area contributed by atoms with Gasteiger partial charge in [0.15, 0.2) is 12.4 Å². The van der Waals surface area contributed by atoms with Gasteiger partial charge in [0.1, 0.15) is 18.1 Å². The van der Waals surface area contributed by atoms with Gasteiger partial charge < -0.3 is 9.47 Å². The van der Waals surface area contributed by atoms with E-state index in [1.54, 1.807) is 5.51 Å². The Hall–Kier alpha value is -3.51. The molecule has 0 N–H and O–H groups in total. The Kier molecular flexibility index (Phi) is 4.54. The highest BCUT2D eigenvalue weighted by atomic mass is 32.1. The number of aromatic nitrogens is 2. The molecule has 0 amide bonds. The summed E-state index contributed by atoms with van der Waals surface area (Å²) < 4.78 is 11.5. The average molecular weight is 400 g/mol. The summed E-state index contributed by atoms with van der Waals surface area (Å²) in [5.74, 6) is 1.22. The maximum absolute atomic E-state index is 12.3. The van der Waals surface area contributed by atoms with Crippen molar-refractivity contribution >= 4 is 39.4 Å². The van der Waals surface area contributed by atoms with Crippen LogP contribution >= 0.6 is 11.3 Å². The molecule has 142 valence electrons. The van der Waals surface area contributed by atoms with Gasteiger partial charge in [-0.3, -0.25) is 4.79 Å². The molecule has 0 saturated heterocycles. The van der Waals surface area contributed by atoms with Crippen LogP contribution < -0.4 is 4.74 Å². The van der Waals surface area contributed by atoms with Crippen molar-refractivity contribution in [1.82, 2.24) is 9.97 Å². The molecule has 0 unspecified atom stereocenters. The zero-order chi connectivity index (χ0) is 19.6. The van der Waals surface area contributed by atoms with Gasteiger partial charge in [0.25, 0.3) is 0 Å². The number of Topliss-reactive ketones (excluding diaryl/α,β-unsaturated/α-hetero) is 1. The summed E-state index contributed by atoms with van der Waals surface area (Å²) in [4.78, 5) is 21.2. The molecule has 29 heavy (non-hydrogen) atoms. The van der Waals surface area contributed by atoms with Crippen LogP contribution in [-0.2, 0) is 16.1 Å². The maximum Gasteiger partial charge on any atom is 0.204 e. The molecular formula is C23H16N2O3S. The lowest BCUT2D eigenvalue weighted by atomic mass is 10.0. The molecule has 0 spiro atoms. The summed E-state index contributed by atoms with van der Waals surface area (Å²) in [7, 11) is 0. The molecule has 2 aromatic heterocycles. The molecule has 0 fully saturated rings. The first-order valence-corrected chi connectivity index (χ1v) is 10.1. The van der Waals surface area contributed by atoms with Crippen molar-refractivity contribution < 1.29 is 14.3 Å². The lowest BCUT2D eigenvalue weighted by molar-refractivity contribution is -0.114. The van der Waals surface area contributed by atoms with Crippen LogP contribution in [0.3, 0.4) is 0 Å². The predicted molar refractivity (Wildman–Crippen MR) is 112 cm³/mol. The first-order chi connectivity index (χ1) is 14.3. The Labute approximate surface area is 171 Å². The van der Waals surface area contributed by atoms with E-state index >= 15 is 0 Å². The number of carbonyl (C=O) groups is 1. The zero-order valence-corrected chi connectivity index (χ0v) is 16.2. The van der Waals surface area contributed by atoms with E-state index in [2.05, 4.69) is 9.97 Å². The number of thiazole rings is 1. The molecule has 6 heteroatoms. The summed E-state index contributed by atoms with van der Waals surface area (Å²) in [6.07, 6.45) is 0. The largest absolute Gasteiger partial charge is 0.487 e. The molecule has 3 heterocycles. The van der Waals surface area contributed by atoms with Crippen molar-refractivity contribution in [1.29, 1.82) is 0 Å². The number of rotatable bonds is 5. The van der Waals surface area contributed by atoms with Crippen LogP contribution in [0.25, 0.3) is 22.2 Å². The Morgan fingerprint density at radius 1 is 1.03 bits per heavy atom. The Morgan fingerprint density at radius 3 is 2.72 bits per heavy atom. The molecule has 0 atom stereocenters. The summed E-state index contributed by atoms with van der Waals surface area (Å²) in [6, 6.07) is 19.5. The fourth-order valence-corrected chi connectivity index (χ4v) is 3.82. The molecule has 5 rings (SSSR count). The van der Waals surface area contributed by atoms with Crippen LogP contribution in [0.5, 0.6) is 5.75 Å². The van der Waals surface area contributed by atoms with E-state index in [1.807, 2.05) is 66.0 Å². The summed E-state index contributed by atoms with van der Waals surface area (Å²) in [5.41, 5.74) is 5.60. The third-order valence-electron chi connectivity index (χ3n) is 4.70. The molecule has 1 aliphatic heterocycles. The molecule has 4 aromatic rings. The van der Waals surface area contributed by atoms with Crippen molar-refractivity contribution in [3.05, 3.63) is 88.5 Å². The number of benzene rings is 2. The van der Waals surface area contributed by atoms with Gasteiger partial charge in [0.05, 0.1) is 22.3 Å². The van der Waals surface area contributed by atoms with Crippen molar-refractivity contribution in [2.75, 3.05) is 6.61 Å². The lowest BCUT2D eigenvalue weighted by Gasteiger charge is -2.08. The number of pyridine rings is 1. The van der Waals surface area contributed by atoms with Crippen LogP contribution in [0.2, 0.25) is 0 Å². The monoisotopic (exact) mass is 400 g/mol. The van der Waals surface area contributed by atoms with Gasteiger partial charge in [-0.05, 0) is 29.8 Å². The second-order valence-corrected chi connectivity index (χ2v) is 7.32. The predicted octanol–water partition coefficient (Wildman–Crippen LogP) is 4.74. The zero-order valence-electron chi connectivity index (χ0n) is 15.4. The highest BCUT2D eigenvalue weighted by molar-refractivity contribution is 7.07. The van der Waals surface area contributed by atoms with Gasteiger partial charge in [-0.15, -0.1) is 11.3 Å². The Bertz CT molecular complexity index is 1210. The smallest absolute Gasteiger partial charge is 0.204 e. The minimum absolute atomic E-state index is 0.0398. The third-order valence-corrected chi connectivity index (χ3v) is 5.29. The second-order valence-electron chi connectivity index (χ2n) is 6.60. The van der Waals surface area contributed by atoms with E-state index in [4.69, 9.17) is 9.47 Å². The topological polar surface area (TPSA) is 61.3 Å². The number of ketones is 1. The summed E-state index contributed by atoms with van der Waals surface area (Å²) in [6.45, 7) is 0.424. The molecule has 0 bridgehead atoms. The number of nitrogens with zero attached hydrogens (tertiary/aromatic N) is 2. The molecule has 5 nitrogen and oxygen atoms in total. The number of ether oxygens (including phenoxy) is 2. The number of para-hydroxylation sites is 1. The Balaban J connectivity index is 1.34. The lowest BCUT2D eigenvalue weighted by Crippen LogP contribution is -2.01. The van der Waals surface area contributed by atoms with Crippen LogP contribution in [0.15, 0.2) is 71.6 Å². The van der Waals surface area contributed by atoms with Crippen LogP contribution in [-0.4, -0.2) is 22.4 Å². The van der Waals surface area contributed by atoms with Crippen molar-refractivity contribution in [2.45, 2.75) is 6.61 Å². The highest BCUT2D eigenvalue weighted by Gasteiger charge is 2.28. The standard InChI is InChI=1S/C23H16N2O3S/c26-21-12-28-23(20-13-29-14-24-20)22(21)16-6-9-18(10-7-16)27-11-17-8-5-15-3-1-2-4-19(15)25-17/h1-10,13-14H,11-12H2. The fraction of sp³-hybridized carbons (Fsp3) is 0.0870. The average Bonchev–Trinajstić information content (AvgIpc) is 3.42. The van der Waals surface area contributed by atoms with E-state index in [0.717, 1.165) is 22.2 Å². The van der Waals surface area contributed by atoms with Crippen molar-refractivity contribution in [3.8, 4) is 5.75 Å². The van der Waals surface area contributed by atoms with Crippen LogP contribution in [0.1, 0.15) is 17.0 Å². The van der Waals surface area contributed by atoms with E-state index in [9.17, 15) is 4.79 Å². The van der Waals surface area contributed by atoms with Gasteiger partial charge in [-0.25, -0.2) is 9.97 Å².